The van der Waals surface area contributed by atoms with Gasteiger partial charge in [-0.1, -0.05) is 0 Å². The summed E-state index contributed by atoms with van der Waals surface area (Å²) in [5, 5.41) is 5.26. The molecule has 9 heavy (non-hydrogen) atoms. The normalized spacial score (nSPS) is 15.8. The molecule has 1 heterocycles. The van der Waals surface area contributed by atoms with E-state index >= 15 is 0 Å². The van der Waals surface area contributed by atoms with E-state index in [1.165, 1.54) is 0 Å². The van der Waals surface area contributed by atoms with Crippen LogP contribution >= 0.6 is 0 Å². The van der Waals surface area contributed by atoms with Gasteiger partial charge < -0.3 is 21.6 Å². The summed E-state index contributed by atoms with van der Waals surface area (Å²) in [5.41, 5.74) is 0. The van der Waals surface area contributed by atoms with Crippen molar-refractivity contribution in [3.05, 3.63) is 0 Å². The van der Waals surface area contributed by atoms with Crippen LogP contribution in [0.15, 0.2) is 0 Å². The highest BCUT2D eigenvalue weighted by molar-refractivity contribution is 5.74. The number of hydrogen-bond donors (Lipinski definition) is 2. The number of hydrogen-bond acceptors (Lipinski definition) is 1. The van der Waals surface area contributed by atoms with Crippen molar-refractivity contribution in [2.75, 3.05) is 13.1 Å². The van der Waals surface area contributed by atoms with Gasteiger partial charge in [-0.05, 0) is 6.42 Å². The van der Waals surface area contributed by atoms with Gasteiger partial charge in [-0.25, -0.2) is 4.79 Å². The third-order valence-electron chi connectivity index (χ3n) is 0.925. The zero-order chi connectivity index (χ0) is 5.11. The Labute approximate surface area is 53.1 Å². The van der Waals surface area contributed by atoms with Crippen LogP contribution in [0.3, 0.4) is 0 Å². The van der Waals surface area contributed by atoms with Gasteiger partial charge in [0.05, 0.1) is 0 Å². The first-order valence-electron chi connectivity index (χ1n) is 2.41. The van der Waals surface area contributed by atoms with Gasteiger partial charge in [0.25, 0.3) is 0 Å². The minimum Gasteiger partial charge on any atom is -0.412 e. The molecule has 1 saturated heterocycles. The van der Waals surface area contributed by atoms with Gasteiger partial charge in [-0.15, -0.1) is 0 Å². The molecule has 6 N–H and O–H groups in total. The lowest BCUT2D eigenvalue weighted by Crippen LogP contribution is -2.42. The van der Waals surface area contributed by atoms with Gasteiger partial charge in [0, 0.05) is 13.1 Å². The number of carbonyl (C=O) groups is 1. The number of rotatable bonds is 0. The van der Waals surface area contributed by atoms with E-state index in [0.717, 1.165) is 19.5 Å². The van der Waals surface area contributed by atoms with Crippen molar-refractivity contribution in [1.29, 1.82) is 0 Å². The van der Waals surface area contributed by atoms with Crippen molar-refractivity contribution in [3.63, 3.8) is 0 Å². The summed E-state index contributed by atoms with van der Waals surface area (Å²) >= 11 is 0. The lowest BCUT2D eigenvalue weighted by atomic mass is 10.4. The van der Waals surface area contributed by atoms with Crippen molar-refractivity contribution in [3.8, 4) is 0 Å². The van der Waals surface area contributed by atoms with Crippen LogP contribution in [0.1, 0.15) is 6.42 Å². The molecule has 1 aliphatic rings. The van der Waals surface area contributed by atoms with Crippen LogP contribution < -0.4 is 10.6 Å². The van der Waals surface area contributed by atoms with Crippen LogP contribution in [0.5, 0.6) is 0 Å². The quantitative estimate of drug-likeness (QED) is 0.396. The van der Waals surface area contributed by atoms with E-state index in [-0.39, 0.29) is 17.0 Å². The molecule has 0 spiro atoms. The first-order chi connectivity index (χ1) is 3.39. The highest BCUT2D eigenvalue weighted by atomic mass is 16.2. The molecule has 0 aromatic rings. The lowest BCUT2D eigenvalue weighted by Gasteiger charge is -2.11. The second-order valence-corrected chi connectivity index (χ2v) is 1.54. The van der Waals surface area contributed by atoms with Gasteiger partial charge in [0.1, 0.15) is 0 Å². The largest absolute Gasteiger partial charge is 0.412 e. The molecular weight excluding hydrogens is 124 g/mol. The maximum atomic E-state index is 10.2. The first-order valence-corrected chi connectivity index (χ1v) is 2.41. The van der Waals surface area contributed by atoms with Gasteiger partial charge in [-0.2, -0.15) is 0 Å². The third kappa shape index (κ3) is 3.75. The highest BCUT2D eigenvalue weighted by Gasteiger charge is 2.02. The number of carbonyl (C=O) groups excluding carboxylic acids is 1. The Bertz CT molecular complexity index is 77.9. The fraction of sp³-hybridized carbons (Fsp3) is 0.750. The van der Waals surface area contributed by atoms with E-state index in [1.807, 2.05) is 0 Å². The van der Waals surface area contributed by atoms with E-state index in [2.05, 4.69) is 10.6 Å². The SMILES string of the molecule is O.O.O=C1NCCCN1. The maximum absolute atomic E-state index is 10.2. The summed E-state index contributed by atoms with van der Waals surface area (Å²) in [6, 6.07) is -0.0359. The number of nitrogens with one attached hydrogen (secondary N) is 2. The minimum absolute atomic E-state index is 0. The standard InChI is InChI=1S/C4H8N2O.2H2O/c7-4-5-2-1-3-6-4;;/h1-3H2,(H2,5,6,7);2*1H2. The topological polar surface area (TPSA) is 104 Å². The third-order valence-corrected chi connectivity index (χ3v) is 0.925. The second kappa shape index (κ2) is 5.33. The smallest absolute Gasteiger partial charge is 0.314 e. The fourth-order valence-electron chi connectivity index (χ4n) is 0.555. The summed E-state index contributed by atoms with van der Waals surface area (Å²) < 4.78 is 0. The van der Waals surface area contributed by atoms with E-state index < -0.39 is 0 Å². The van der Waals surface area contributed by atoms with Crippen molar-refractivity contribution < 1.29 is 15.7 Å². The van der Waals surface area contributed by atoms with E-state index in [0.29, 0.717) is 0 Å². The van der Waals surface area contributed by atoms with Gasteiger partial charge in [0.15, 0.2) is 0 Å². The molecular formula is C4H12N2O3. The Kier molecular flexibility index (Phi) is 6.54. The lowest BCUT2D eigenvalue weighted by molar-refractivity contribution is 0.236. The molecule has 5 nitrogen and oxygen atoms in total. The van der Waals surface area contributed by atoms with Crippen molar-refractivity contribution in [2.24, 2.45) is 0 Å². The average molecular weight is 136 g/mol. The molecule has 1 aliphatic heterocycles. The summed E-state index contributed by atoms with van der Waals surface area (Å²) in [7, 11) is 0. The Balaban J connectivity index is 0. The van der Waals surface area contributed by atoms with Crippen molar-refractivity contribution in [2.45, 2.75) is 6.42 Å². The molecule has 0 atom stereocenters. The van der Waals surface area contributed by atoms with E-state index in [4.69, 9.17) is 0 Å². The molecule has 56 valence electrons. The zero-order valence-electron chi connectivity index (χ0n) is 5.03. The van der Waals surface area contributed by atoms with Crippen molar-refractivity contribution in [1.82, 2.24) is 10.6 Å². The summed E-state index contributed by atoms with van der Waals surface area (Å²) in [6.45, 7) is 1.65. The highest BCUT2D eigenvalue weighted by Crippen LogP contribution is 1.79. The minimum atomic E-state index is -0.0359. The van der Waals surface area contributed by atoms with E-state index in [1.54, 1.807) is 0 Å². The predicted octanol–water partition coefficient (Wildman–Crippen LogP) is -1.96. The second-order valence-electron chi connectivity index (χ2n) is 1.54. The fourth-order valence-corrected chi connectivity index (χ4v) is 0.555. The van der Waals surface area contributed by atoms with E-state index in [9.17, 15) is 4.79 Å². The van der Waals surface area contributed by atoms with Crippen LogP contribution in [-0.4, -0.2) is 30.1 Å². The van der Waals surface area contributed by atoms with Crippen LogP contribution in [0.25, 0.3) is 0 Å². The Morgan fingerprint density at radius 3 is 1.78 bits per heavy atom. The maximum Gasteiger partial charge on any atom is 0.314 e. The van der Waals surface area contributed by atoms with Crippen LogP contribution in [0.2, 0.25) is 0 Å². The van der Waals surface area contributed by atoms with Crippen LogP contribution in [-0.2, 0) is 0 Å². The molecule has 0 aromatic carbocycles. The van der Waals surface area contributed by atoms with Crippen LogP contribution in [0.4, 0.5) is 4.79 Å². The molecule has 1 fully saturated rings. The predicted molar refractivity (Wildman–Crippen MR) is 33.2 cm³/mol. The molecule has 0 aromatic heterocycles. The van der Waals surface area contributed by atoms with Gasteiger partial charge in [-0.3, -0.25) is 0 Å². The average Bonchev–Trinajstić information content (AvgIpc) is 1.69. The first kappa shape index (κ1) is 11.0. The Morgan fingerprint density at radius 2 is 1.56 bits per heavy atom. The monoisotopic (exact) mass is 136 g/mol. The molecule has 0 unspecified atom stereocenters. The summed E-state index contributed by atoms with van der Waals surface area (Å²) in [4.78, 5) is 10.2. The zero-order valence-corrected chi connectivity index (χ0v) is 5.03. The molecule has 5 heteroatoms. The molecule has 0 saturated carbocycles. The summed E-state index contributed by atoms with van der Waals surface area (Å²) in [5.74, 6) is 0. The molecule has 0 bridgehead atoms. The molecule has 0 radical (unpaired) electrons. The number of urea groups is 1. The van der Waals surface area contributed by atoms with Gasteiger partial charge in [0.2, 0.25) is 0 Å². The Hall–Kier alpha value is -0.810. The van der Waals surface area contributed by atoms with Crippen molar-refractivity contribution >= 4 is 6.03 Å². The molecule has 1 rings (SSSR count). The summed E-state index contributed by atoms with van der Waals surface area (Å²) in [6.07, 6.45) is 1.05. The molecule has 0 aliphatic carbocycles. The Morgan fingerprint density at radius 1 is 1.11 bits per heavy atom. The number of amides is 2. The van der Waals surface area contributed by atoms with Crippen LogP contribution in [0, 0.1) is 0 Å². The van der Waals surface area contributed by atoms with Gasteiger partial charge >= 0.3 is 6.03 Å². The molecule has 2 amide bonds.